The average molecular weight is 304 g/mol. The molecule has 1 aliphatic heterocycles. The minimum Gasteiger partial charge on any atom is -0.493 e. The fourth-order valence-electron chi connectivity index (χ4n) is 2.63. The van der Waals surface area contributed by atoms with Gasteiger partial charge in [-0.2, -0.15) is 4.98 Å². The third-order valence-corrected chi connectivity index (χ3v) is 3.80. The van der Waals surface area contributed by atoms with Crippen molar-refractivity contribution >= 4 is 0 Å². The van der Waals surface area contributed by atoms with E-state index in [1.54, 1.807) is 14.2 Å². The number of rotatable bonds is 5. The van der Waals surface area contributed by atoms with Crippen molar-refractivity contribution in [3.8, 4) is 11.5 Å². The van der Waals surface area contributed by atoms with E-state index in [2.05, 4.69) is 17.1 Å². The van der Waals surface area contributed by atoms with Crippen molar-refractivity contribution in [1.82, 2.24) is 10.1 Å². The van der Waals surface area contributed by atoms with E-state index in [1.807, 2.05) is 18.2 Å². The molecule has 0 unspecified atom stereocenters. The van der Waals surface area contributed by atoms with Gasteiger partial charge in [-0.15, -0.1) is 0 Å². The smallest absolute Gasteiger partial charge is 0.255 e. The molecular weight excluding hydrogens is 284 g/mol. The normalized spacial score (nSPS) is 21.0. The van der Waals surface area contributed by atoms with E-state index >= 15 is 0 Å². The van der Waals surface area contributed by atoms with Crippen LogP contribution in [0.1, 0.15) is 43.1 Å². The molecular formula is C16H20N2O4. The predicted molar refractivity (Wildman–Crippen MR) is 79.2 cm³/mol. The Balaban J connectivity index is 1.72. The Hall–Kier alpha value is -2.08. The Kier molecular flexibility index (Phi) is 4.29. The minimum absolute atomic E-state index is 0.0679. The molecule has 6 nitrogen and oxygen atoms in total. The topological polar surface area (TPSA) is 66.6 Å². The fourth-order valence-corrected chi connectivity index (χ4v) is 2.63. The SMILES string of the molecule is COc1ccc(Cc2noc([C@H]3CC[C@H](C)O3)n2)cc1OC. The number of ether oxygens (including phenoxy) is 3. The molecule has 0 bridgehead atoms. The summed E-state index contributed by atoms with van der Waals surface area (Å²) in [6, 6.07) is 5.76. The number of hydrogen-bond acceptors (Lipinski definition) is 6. The molecule has 0 saturated carbocycles. The lowest BCUT2D eigenvalue weighted by molar-refractivity contribution is 0.0355. The highest BCUT2D eigenvalue weighted by Crippen LogP contribution is 2.32. The zero-order chi connectivity index (χ0) is 15.5. The lowest BCUT2D eigenvalue weighted by Crippen LogP contribution is -2.01. The number of benzene rings is 1. The van der Waals surface area contributed by atoms with Gasteiger partial charge in [-0.3, -0.25) is 0 Å². The minimum atomic E-state index is -0.0679. The maximum atomic E-state index is 5.74. The summed E-state index contributed by atoms with van der Waals surface area (Å²) in [4.78, 5) is 4.45. The molecule has 0 N–H and O–H groups in total. The maximum absolute atomic E-state index is 5.74. The zero-order valence-corrected chi connectivity index (χ0v) is 13.0. The lowest BCUT2D eigenvalue weighted by atomic mass is 10.1. The summed E-state index contributed by atoms with van der Waals surface area (Å²) >= 11 is 0. The predicted octanol–water partition coefficient (Wildman–Crippen LogP) is 2.92. The highest BCUT2D eigenvalue weighted by Gasteiger charge is 2.28. The maximum Gasteiger partial charge on any atom is 0.255 e. The highest BCUT2D eigenvalue weighted by atomic mass is 16.5. The van der Waals surface area contributed by atoms with E-state index < -0.39 is 0 Å². The van der Waals surface area contributed by atoms with Crippen molar-refractivity contribution in [2.75, 3.05) is 14.2 Å². The molecule has 2 heterocycles. The summed E-state index contributed by atoms with van der Waals surface area (Å²) < 4.78 is 21.6. The van der Waals surface area contributed by atoms with Gasteiger partial charge in [0.2, 0.25) is 0 Å². The Morgan fingerprint density at radius 1 is 1.18 bits per heavy atom. The summed E-state index contributed by atoms with van der Waals surface area (Å²) in [6.45, 7) is 2.06. The second kappa shape index (κ2) is 6.36. The van der Waals surface area contributed by atoms with E-state index in [9.17, 15) is 0 Å². The third-order valence-electron chi connectivity index (χ3n) is 3.80. The van der Waals surface area contributed by atoms with Gasteiger partial charge in [0.25, 0.3) is 5.89 Å². The first kappa shape index (κ1) is 14.8. The first-order valence-corrected chi connectivity index (χ1v) is 7.38. The third kappa shape index (κ3) is 3.06. The Morgan fingerprint density at radius 2 is 2.00 bits per heavy atom. The van der Waals surface area contributed by atoms with Gasteiger partial charge >= 0.3 is 0 Å². The molecule has 22 heavy (non-hydrogen) atoms. The number of nitrogens with zero attached hydrogens (tertiary/aromatic N) is 2. The van der Waals surface area contributed by atoms with Gasteiger partial charge in [-0.1, -0.05) is 11.2 Å². The van der Waals surface area contributed by atoms with Gasteiger partial charge in [0.1, 0.15) is 6.10 Å². The molecule has 1 aromatic carbocycles. The quantitative estimate of drug-likeness (QED) is 0.846. The first-order chi connectivity index (χ1) is 10.7. The molecule has 2 aromatic rings. The van der Waals surface area contributed by atoms with Crippen LogP contribution in [-0.2, 0) is 11.2 Å². The summed E-state index contributed by atoms with van der Waals surface area (Å²) in [7, 11) is 3.23. The highest BCUT2D eigenvalue weighted by molar-refractivity contribution is 5.43. The van der Waals surface area contributed by atoms with Crippen LogP contribution in [0.25, 0.3) is 0 Å². The lowest BCUT2D eigenvalue weighted by Gasteiger charge is -2.08. The van der Waals surface area contributed by atoms with E-state index in [-0.39, 0.29) is 12.2 Å². The molecule has 118 valence electrons. The van der Waals surface area contributed by atoms with E-state index in [0.717, 1.165) is 18.4 Å². The first-order valence-electron chi connectivity index (χ1n) is 7.38. The molecule has 2 atom stereocenters. The number of methoxy groups -OCH3 is 2. The molecule has 0 radical (unpaired) electrons. The van der Waals surface area contributed by atoms with Crippen molar-refractivity contribution in [2.45, 2.75) is 38.4 Å². The van der Waals surface area contributed by atoms with Crippen LogP contribution in [0.2, 0.25) is 0 Å². The van der Waals surface area contributed by atoms with Crippen LogP contribution < -0.4 is 9.47 Å². The van der Waals surface area contributed by atoms with E-state index in [0.29, 0.717) is 29.6 Å². The van der Waals surface area contributed by atoms with E-state index in [1.165, 1.54) is 0 Å². The van der Waals surface area contributed by atoms with Gasteiger partial charge in [0.05, 0.1) is 20.3 Å². The van der Waals surface area contributed by atoms with Crippen molar-refractivity contribution in [1.29, 1.82) is 0 Å². The fraction of sp³-hybridized carbons (Fsp3) is 0.500. The number of aromatic nitrogens is 2. The van der Waals surface area contributed by atoms with Crippen LogP contribution in [0.4, 0.5) is 0 Å². The summed E-state index contributed by atoms with van der Waals surface area (Å²) in [5, 5.41) is 4.04. The van der Waals surface area contributed by atoms with Crippen molar-refractivity contribution in [2.24, 2.45) is 0 Å². The van der Waals surface area contributed by atoms with Crippen LogP contribution in [-0.4, -0.2) is 30.5 Å². The van der Waals surface area contributed by atoms with Gasteiger partial charge in [-0.25, -0.2) is 0 Å². The Labute approximate surface area is 129 Å². The molecule has 0 aliphatic carbocycles. The number of hydrogen-bond donors (Lipinski definition) is 0. The summed E-state index contributed by atoms with van der Waals surface area (Å²) in [5.74, 6) is 2.61. The standard InChI is InChI=1S/C16H20N2O4/c1-10-4-6-13(21-10)16-17-15(18-22-16)9-11-5-7-12(19-2)14(8-11)20-3/h5,7-8,10,13H,4,6,9H2,1-3H3/t10-,13+/m0/s1. The van der Waals surface area contributed by atoms with Crippen LogP contribution in [0.5, 0.6) is 11.5 Å². The molecule has 0 spiro atoms. The second-order valence-corrected chi connectivity index (χ2v) is 5.43. The molecule has 0 amide bonds. The second-order valence-electron chi connectivity index (χ2n) is 5.43. The van der Waals surface area contributed by atoms with Gasteiger partial charge in [0, 0.05) is 6.42 Å². The molecule has 1 aromatic heterocycles. The largest absolute Gasteiger partial charge is 0.493 e. The van der Waals surface area contributed by atoms with Crippen molar-refractivity contribution < 1.29 is 18.7 Å². The van der Waals surface area contributed by atoms with E-state index in [4.69, 9.17) is 18.7 Å². The average Bonchev–Trinajstić information content (AvgIpc) is 3.16. The van der Waals surface area contributed by atoms with Gasteiger partial charge < -0.3 is 18.7 Å². The Bertz CT molecular complexity index is 641. The molecule has 1 fully saturated rings. The molecule has 1 aliphatic rings. The molecule has 3 rings (SSSR count). The Morgan fingerprint density at radius 3 is 2.68 bits per heavy atom. The molecule has 1 saturated heterocycles. The zero-order valence-electron chi connectivity index (χ0n) is 13.0. The van der Waals surface area contributed by atoms with Gasteiger partial charge in [0.15, 0.2) is 17.3 Å². The van der Waals surface area contributed by atoms with Crippen LogP contribution in [0.3, 0.4) is 0 Å². The molecule has 6 heteroatoms. The van der Waals surface area contributed by atoms with Crippen LogP contribution in [0, 0.1) is 0 Å². The van der Waals surface area contributed by atoms with Crippen LogP contribution in [0.15, 0.2) is 22.7 Å². The summed E-state index contributed by atoms with van der Waals surface area (Å²) in [5.41, 5.74) is 1.03. The van der Waals surface area contributed by atoms with Crippen molar-refractivity contribution in [3.63, 3.8) is 0 Å². The van der Waals surface area contributed by atoms with Crippen LogP contribution >= 0.6 is 0 Å². The van der Waals surface area contributed by atoms with Gasteiger partial charge in [-0.05, 0) is 37.5 Å². The summed E-state index contributed by atoms with van der Waals surface area (Å²) in [6.07, 6.45) is 2.72. The monoisotopic (exact) mass is 304 g/mol. The van der Waals surface area contributed by atoms with Crippen molar-refractivity contribution in [3.05, 3.63) is 35.5 Å².